The number of ether oxygens (including phenoxy) is 1. The van der Waals surface area contributed by atoms with Crippen molar-refractivity contribution in [3.8, 4) is 5.75 Å². The van der Waals surface area contributed by atoms with E-state index >= 15 is 0 Å². The summed E-state index contributed by atoms with van der Waals surface area (Å²) >= 11 is 3.38. The van der Waals surface area contributed by atoms with Crippen molar-refractivity contribution in [2.45, 2.75) is 13.3 Å². The topological polar surface area (TPSA) is 26.3 Å². The van der Waals surface area contributed by atoms with Crippen molar-refractivity contribution in [1.82, 2.24) is 0 Å². The molecule has 68 valence electrons. The van der Waals surface area contributed by atoms with E-state index in [1.54, 1.807) is 6.92 Å². The first-order chi connectivity index (χ1) is 6.18. The van der Waals surface area contributed by atoms with Crippen LogP contribution in [0.4, 0.5) is 0 Å². The number of ketones is 1. The lowest BCUT2D eigenvalue weighted by atomic mass is 10.1. The molecule has 0 unspecified atom stereocenters. The fraction of sp³-hybridized carbons (Fsp3) is 0.300. The van der Waals surface area contributed by atoms with Crippen LogP contribution in [-0.2, 0) is 6.42 Å². The average Bonchev–Trinajstić information content (AvgIpc) is 2.49. The zero-order chi connectivity index (χ0) is 9.42. The summed E-state index contributed by atoms with van der Waals surface area (Å²) in [6.07, 6.45) is 0.898. The van der Waals surface area contributed by atoms with E-state index in [-0.39, 0.29) is 5.78 Å². The Morgan fingerprint density at radius 3 is 3.00 bits per heavy atom. The molecule has 0 fully saturated rings. The molecule has 0 amide bonds. The number of rotatable bonds is 1. The Balaban J connectivity index is 2.62. The van der Waals surface area contributed by atoms with E-state index in [1.165, 1.54) is 0 Å². The van der Waals surface area contributed by atoms with Crippen LogP contribution in [0.5, 0.6) is 5.75 Å². The number of carbonyl (C=O) groups is 1. The highest BCUT2D eigenvalue weighted by Gasteiger charge is 2.19. The van der Waals surface area contributed by atoms with Crippen molar-refractivity contribution in [1.29, 1.82) is 0 Å². The van der Waals surface area contributed by atoms with Gasteiger partial charge in [-0.3, -0.25) is 4.79 Å². The van der Waals surface area contributed by atoms with E-state index < -0.39 is 0 Å². The summed E-state index contributed by atoms with van der Waals surface area (Å²) in [7, 11) is 0. The molecular formula is C10H9BrO2. The molecule has 0 spiro atoms. The van der Waals surface area contributed by atoms with Crippen LogP contribution in [0, 0.1) is 0 Å². The summed E-state index contributed by atoms with van der Waals surface area (Å²) in [5.74, 6) is 0.829. The second kappa shape index (κ2) is 3.14. The molecule has 0 aromatic heterocycles. The minimum absolute atomic E-state index is 0.0550. The Bertz CT molecular complexity index is 371. The summed E-state index contributed by atoms with van der Waals surface area (Å²) in [5.41, 5.74) is 1.81. The lowest BCUT2D eigenvalue weighted by Crippen LogP contribution is -1.96. The highest BCUT2D eigenvalue weighted by atomic mass is 79.9. The third-order valence-electron chi connectivity index (χ3n) is 2.13. The van der Waals surface area contributed by atoms with Gasteiger partial charge in [-0.1, -0.05) is 15.9 Å². The fourth-order valence-electron chi connectivity index (χ4n) is 1.53. The fourth-order valence-corrected chi connectivity index (χ4v) is 2.04. The van der Waals surface area contributed by atoms with Crippen LogP contribution in [0.1, 0.15) is 22.8 Å². The van der Waals surface area contributed by atoms with Gasteiger partial charge in [-0.15, -0.1) is 0 Å². The number of Topliss-reactive ketones (excluding diaryl/α,β-unsaturated/α-hetero) is 1. The SMILES string of the molecule is CC(=O)c1cc(Br)cc2c1OCC2. The molecule has 0 bridgehead atoms. The van der Waals surface area contributed by atoms with Crippen LogP contribution in [0.25, 0.3) is 0 Å². The normalized spacial score (nSPS) is 13.7. The molecule has 1 aromatic carbocycles. The second-order valence-electron chi connectivity index (χ2n) is 3.10. The van der Waals surface area contributed by atoms with Gasteiger partial charge in [0, 0.05) is 10.9 Å². The summed E-state index contributed by atoms with van der Waals surface area (Å²) in [5, 5.41) is 0. The minimum atomic E-state index is 0.0550. The first-order valence-electron chi connectivity index (χ1n) is 4.14. The van der Waals surface area contributed by atoms with Crippen molar-refractivity contribution in [3.05, 3.63) is 27.7 Å². The zero-order valence-electron chi connectivity index (χ0n) is 7.26. The standard InChI is InChI=1S/C10H9BrO2/c1-6(12)9-5-8(11)4-7-2-3-13-10(7)9/h4-5H,2-3H2,1H3. The molecule has 1 aliphatic heterocycles. The third-order valence-corrected chi connectivity index (χ3v) is 2.59. The molecule has 0 radical (unpaired) electrons. The van der Waals surface area contributed by atoms with Gasteiger partial charge in [0.05, 0.1) is 12.2 Å². The Morgan fingerprint density at radius 1 is 1.54 bits per heavy atom. The van der Waals surface area contributed by atoms with Crippen LogP contribution in [-0.4, -0.2) is 12.4 Å². The molecule has 2 nitrogen and oxygen atoms in total. The Hall–Kier alpha value is -0.830. The van der Waals surface area contributed by atoms with Gasteiger partial charge in [-0.2, -0.15) is 0 Å². The Kier molecular flexibility index (Phi) is 2.12. The van der Waals surface area contributed by atoms with E-state index in [4.69, 9.17) is 4.74 Å². The van der Waals surface area contributed by atoms with Gasteiger partial charge in [0.2, 0.25) is 0 Å². The summed E-state index contributed by atoms with van der Waals surface area (Å²) in [6.45, 7) is 2.25. The van der Waals surface area contributed by atoms with E-state index in [0.717, 1.165) is 22.2 Å². The van der Waals surface area contributed by atoms with Gasteiger partial charge in [-0.25, -0.2) is 0 Å². The van der Waals surface area contributed by atoms with Gasteiger partial charge in [0.1, 0.15) is 5.75 Å². The van der Waals surface area contributed by atoms with Gasteiger partial charge < -0.3 is 4.74 Å². The molecule has 1 aliphatic rings. The maximum Gasteiger partial charge on any atom is 0.163 e. The van der Waals surface area contributed by atoms with E-state index in [0.29, 0.717) is 12.2 Å². The number of benzene rings is 1. The van der Waals surface area contributed by atoms with Gasteiger partial charge >= 0.3 is 0 Å². The number of hydrogen-bond donors (Lipinski definition) is 0. The monoisotopic (exact) mass is 240 g/mol. The molecule has 1 heterocycles. The molecule has 0 aliphatic carbocycles. The zero-order valence-corrected chi connectivity index (χ0v) is 8.85. The Morgan fingerprint density at radius 2 is 2.31 bits per heavy atom. The van der Waals surface area contributed by atoms with E-state index in [1.807, 2.05) is 12.1 Å². The quantitative estimate of drug-likeness (QED) is 0.706. The summed E-state index contributed by atoms with van der Waals surface area (Å²) in [4.78, 5) is 11.3. The van der Waals surface area contributed by atoms with Crippen LogP contribution < -0.4 is 4.74 Å². The maximum atomic E-state index is 11.3. The number of fused-ring (bicyclic) bond motifs is 1. The summed E-state index contributed by atoms with van der Waals surface area (Å²) in [6, 6.07) is 3.82. The van der Waals surface area contributed by atoms with Gasteiger partial charge in [-0.05, 0) is 24.6 Å². The van der Waals surface area contributed by atoms with E-state index in [2.05, 4.69) is 15.9 Å². The predicted octanol–water partition coefficient (Wildman–Crippen LogP) is 2.59. The first-order valence-corrected chi connectivity index (χ1v) is 4.94. The van der Waals surface area contributed by atoms with Gasteiger partial charge in [0.15, 0.2) is 5.78 Å². The average molecular weight is 241 g/mol. The molecule has 0 N–H and O–H groups in total. The van der Waals surface area contributed by atoms with E-state index in [9.17, 15) is 4.79 Å². The van der Waals surface area contributed by atoms with Crippen LogP contribution in [0.3, 0.4) is 0 Å². The van der Waals surface area contributed by atoms with Gasteiger partial charge in [0.25, 0.3) is 0 Å². The van der Waals surface area contributed by atoms with Crippen molar-refractivity contribution in [2.24, 2.45) is 0 Å². The molecule has 3 heteroatoms. The number of carbonyl (C=O) groups excluding carboxylic acids is 1. The highest BCUT2D eigenvalue weighted by Crippen LogP contribution is 2.32. The Labute approximate surface area is 85.0 Å². The first kappa shape index (κ1) is 8.75. The third kappa shape index (κ3) is 1.48. The molecule has 13 heavy (non-hydrogen) atoms. The molecule has 0 saturated heterocycles. The molecule has 2 rings (SSSR count). The van der Waals surface area contributed by atoms with Crippen LogP contribution >= 0.6 is 15.9 Å². The van der Waals surface area contributed by atoms with Crippen LogP contribution in [0.15, 0.2) is 16.6 Å². The molecular weight excluding hydrogens is 232 g/mol. The van der Waals surface area contributed by atoms with Crippen molar-refractivity contribution < 1.29 is 9.53 Å². The lowest BCUT2D eigenvalue weighted by molar-refractivity contribution is 0.101. The van der Waals surface area contributed by atoms with Crippen molar-refractivity contribution >= 4 is 21.7 Å². The van der Waals surface area contributed by atoms with Crippen molar-refractivity contribution in [3.63, 3.8) is 0 Å². The molecule has 1 aromatic rings. The number of halogens is 1. The predicted molar refractivity (Wildman–Crippen MR) is 53.3 cm³/mol. The van der Waals surface area contributed by atoms with Crippen molar-refractivity contribution in [2.75, 3.05) is 6.61 Å². The lowest BCUT2D eigenvalue weighted by Gasteiger charge is -2.05. The minimum Gasteiger partial charge on any atom is -0.492 e. The smallest absolute Gasteiger partial charge is 0.163 e. The summed E-state index contributed by atoms with van der Waals surface area (Å²) < 4.78 is 6.35. The maximum absolute atomic E-state index is 11.3. The largest absolute Gasteiger partial charge is 0.492 e. The number of hydrogen-bond acceptors (Lipinski definition) is 2. The highest BCUT2D eigenvalue weighted by molar-refractivity contribution is 9.10. The second-order valence-corrected chi connectivity index (χ2v) is 4.01. The molecule has 0 saturated carbocycles. The van der Waals surface area contributed by atoms with Crippen LogP contribution in [0.2, 0.25) is 0 Å². The molecule has 0 atom stereocenters.